The highest BCUT2D eigenvalue weighted by Gasteiger charge is 2.37. The number of hydrogen-bond donors (Lipinski definition) is 11. The summed E-state index contributed by atoms with van der Waals surface area (Å²) in [7, 11) is 3.38. The lowest BCUT2D eigenvalue weighted by atomic mass is 10.0. The van der Waals surface area contributed by atoms with Crippen LogP contribution < -0.4 is 50.4 Å². The molecule has 0 radical (unpaired) electrons. The van der Waals surface area contributed by atoms with Crippen LogP contribution in [0.3, 0.4) is 0 Å². The molecular weight excluding hydrogens is 1750 g/mol. The standard InChI is InChI=1S/C19H25ClN4O2.C18H16BrCl2N5.C17H17Cl2F3N4O.2C10H13N5.C10H12N4/c1-13-15(8-6-9-16(13)20)17-11-14(23-19(21)24-17)7-4-3-5-10-22-18(25)12-26-2;19-11-6-7-12(24-10-11)3-2-8-23-16-9-15(25-18(22)26-16)13-4-1-5-14(20)17(13)21;18-11-6-4-5-10(15(11)19)12-9-14(26-16(23)25-12)24-8-3-1-2-7-13(27)17(20,21)22;1-3-7-4-9(14-10(11)13-7)8-5-12-15-6(8)2;1-3-7-6-8(14-10(11)13-7)9-4-5-12-15(9)2;1-2-8-5-9(14-10(11)13-8)7-3-4-12-6-7/h6,8-9,11H,3-5,7,10,12H2,1-2H3,(H,22,25)(H2,21,23,24);1,4-7,9-10H,2-3,8H2,(H3,22,23,25,26);4-6,9H,1-3,7-8H2,(H3,23,24,25,26);4-5H,3H2,1-2H3,(H,12,15)(H2,11,13,14);4-6H,3H2,1-2H3,(H2,11,13,14);3-6,12H,2H2,1H3,(H2,11,13,14). The number of anilines is 8. The number of amides is 1. The number of H-pyrrole nitrogens is 2. The first-order valence-electron chi connectivity index (χ1n) is 38.9. The van der Waals surface area contributed by atoms with Gasteiger partial charge >= 0.3 is 6.18 Å². The highest BCUT2D eigenvalue weighted by Crippen LogP contribution is 2.36. The van der Waals surface area contributed by atoms with Gasteiger partial charge in [-0.05, 0) is 166 Å². The molecule has 17 N–H and O–H groups in total. The average molecular weight is 1850 g/mol. The van der Waals surface area contributed by atoms with Crippen molar-refractivity contribution in [3.63, 3.8) is 0 Å². The molecule has 0 unspecified atom stereocenters. The third-order valence-electron chi connectivity index (χ3n) is 18.0. The van der Waals surface area contributed by atoms with Gasteiger partial charge in [0.05, 0.1) is 66.1 Å². The second-order valence-electron chi connectivity index (χ2n) is 27.2. The summed E-state index contributed by atoms with van der Waals surface area (Å²) in [6.07, 6.45) is 13.0. The van der Waals surface area contributed by atoms with Crippen LogP contribution in [0.2, 0.25) is 25.1 Å². The zero-order valence-corrected chi connectivity index (χ0v) is 74.0. The van der Waals surface area contributed by atoms with Gasteiger partial charge in [0, 0.05) is 149 Å². The molecular formula is C84H96BrCl5F3N27O3. The van der Waals surface area contributed by atoms with Crippen molar-refractivity contribution in [2.45, 2.75) is 124 Å². The number of nitrogens with two attached hydrogens (primary N) is 6. The topological polar surface area (TPSA) is 465 Å². The van der Waals surface area contributed by atoms with Crippen molar-refractivity contribution in [1.82, 2.24) is 95.1 Å². The number of methoxy groups -OCH3 is 1. The number of unbranched alkanes of at least 4 members (excludes halogenated alkanes) is 4. The van der Waals surface area contributed by atoms with Crippen LogP contribution in [0, 0.1) is 13.8 Å². The summed E-state index contributed by atoms with van der Waals surface area (Å²) in [6, 6.07) is 35.4. The lowest BCUT2D eigenvalue weighted by molar-refractivity contribution is -0.171. The van der Waals surface area contributed by atoms with Gasteiger partial charge in [0.1, 0.15) is 18.2 Å². The summed E-state index contributed by atoms with van der Waals surface area (Å²) in [6.45, 7) is 12.0. The maximum absolute atomic E-state index is 12.1. The second-order valence-corrected chi connectivity index (χ2v) is 30.1. The number of aromatic amines is 2. The predicted octanol–water partition coefficient (Wildman–Crippen LogP) is 17.5. The highest BCUT2D eigenvalue weighted by atomic mass is 79.9. The fourth-order valence-corrected chi connectivity index (χ4v) is 12.9. The molecule has 0 spiro atoms. The van der Waals surface area contributed by atoms with Crippen molar-refractivity contribution in [3.05, 3.63) is 216 Å². The number of nitrogens with zero attached hydrogens (tertiary/aromatic N) is 16. The molecule has 0 aliphatic carbocycles. The van der Waals surface area contributed by atoms with Crippen LogP contribution in [0.15, 0.2) is 151 Å². The van der Waals surface area contributed by atoms with E-state index in [-0.39, 0.29) is 36.8 Å². The van der Waals surface area contributed by atoms with Crippen LogP contribution >= 0.6 is 73.9 Å². The largest absolute Gasteiger partial charge is 0.449 e. The number of ketones is 1. The maximum atomic E-state index is 12.1. The van der Waals surface area contributed by atoms with Gasteiger partial charge in [-0.15, -0.1) is 0 Å². The van der Waals surface area contributed by atoms with E-state index in [9.17, 15) is 22.8 Å². The minimum absolute atomic E-state index is 0.0433. The molecule has 0 atom stereocenters. The van der Waals surface area contributed by atoms with Gasteiger partial charge in [-0.25, -0.2) is 49.8 Å². The van der Waals surface area contributed by atoms with Crippen molar-refractivity contribution in [2.75, 3.05) is 78.4 Å². The normalized spacial score (nSPS) is 10.8. The van der Waals surface area contributed by atoms with E-state index in [1.54, 1.807) is 53.6 Å². The first-order chi connectivity index (χ1) is 58.9. The van der Waals surface area contributed by atoms with Crippen LogP contribution in [-0.2, 0) is 53.5 Å². The van der Waals surface area contributed by atoms with Crippen molar-refractivity contribution < 1.29 is 27.5 Å². The zero-order valence-electron chi connectivity index (χ0n) is 68.6. The number of hydrogen-bond acceptors (Lipinski definition) is 26. The summed E-state index contributed by atoms with van der Waals surface area (Å²) in [5, 5.41) is 22.4. The third kappa shape index (κ3) is 31.3. The zero-order chi connectivity index (χ0) is 89.1. The van der Waals surface area contributed by atoms with Crippen molar-refractivity contribution in [1.29, 1.82) is 0 Å². The van der Waals surface area contributed by atoms with Gasteiger partial charge < -0.3 is 60.1 Å². The van der Waals surface area contributed by atoms with E-state index in [4.69, 9.17) is 97.1 Å². The Bertz CT molecular complexity index is 5490. The summed E-state index contributed by atoms with van der Waals surface area (Å²) >= 11 is 34.1. The number of carbonyl (C=O) groups is 2. The van der Waals surface area contributed by atoms with Gasteiger partial charge in [0.15, 0.2) is 0 Å². The Kier molecular flexibility index (Phi) is 38.3. The minimum Gasteiger partial charge on any atom is -0.375 e. The van der Waals surface area contributed by atoms with Gasteiger partial charge in [-0.1, -0.05) is 128 Å². The predicted molar refractivity (Wildman–Crippen MR) is 486 cm³/mol. The molecule has 648 valence electrons. The van der Waals surface area contributed by atoms with Gasteiger partial charge in [0.25, 0.3) is 0 Å². The first kappa shape index (κ1) is 96.7. The summed E-state index contributed by atoms with van der Waals surface area (Å²) in [5.74, 6) is 0.768. The summed E-state index contributed by atoms with van der Waals surface area (Å²) in [4.78, 5) is 79.7. The Morgan fingerprint density at radius 2 is 0.992 bits per heavy atom. The Labute approximate surface area is 743 Å². The number of alkyl halides is 3. The average Bonchev–Trinajstić information content (AvgIpc) is 1.67. The number of halogens is 9. The molecule has 3 aromatic carbocycles. The number of carbonyl (C=O) groups excluding carboxylic acids is 2. The monoisotopic (exact) mass is 1840 g/mol. The minimum atomic E-state index is -4.76. The molecule has 13 rings (SSSR count). The van der Waals surface area contributed by atoms with Crippen LogP contribution in [0.5, 0.6) is 0 Å². The number of nitrogens with one attached hydrogen (secondary N) is 5. The number of pyridine rings is 1. The number of rotatable bonds is 29. The molecule has 123 heavy (non-hydrogen) atoms. The van der Waals surface area contributed by atoms with Crippen molar-refractivity contribution in [2.24, 2.45) is 7.05 Å². The summed E-state index contributed by atoms with van der Waals surface area (Å²) in [5.41, 5.74) is 50.8. The molecule has 0 saturated carbocycles. The molecule has 0 aliphatic rings. The van der Waals surface area contributed by atoms with Crippen molar-refractivity contribution >= 4 is 133 Å². The third-order valence-corrected chi connectivity index (χ3v) is 20.5. The van der Waals surface area contributed by atoms with Gasteiger partial charge in [0.2, 0.25) is 47.4 Å². The molecule has 0 fully saturated rings. The fourth-order valence-electron chi connectivity index (χ4n) is 11.7. The highest BCUT2D eigenvalue weighted by molar-refractivity contribution is 9.10. The van der Waals surface area contributed by atoms with Crippen molar-refractivity contribution in [3.8, 4) is 67.7 Å². The SMILES string of the molecule is CCc1cc(-c2cc[nH]c2)nc(N)n1.CCc1cc(-c2ccnn2C)nc(N)n1.CCc1cc(-c2cn[nH]c2C)nc(N)n1.COCC(=O)NCCCCCc1cc(-c2cccc(Cl)c2C)nc(N)n1.Nc1nc(NCCCCCC(=O)C(F)(F)F)cc(-c2cccc(Cl)c2Cl)n1.Nc1nc(NCCCc2ccc(Br)cn2)cc(-c2cccc(Cl)c2Cl)n1. The quantitative estimate of drug-likeness (QED) is 0.0194. The second kappa shape index (κ2) is 48.7. The van der Waals surface area contributed by atoms with Crippen LogP contribution in [0.1, 0.15) is 112 Å². The number of Topliss-reactive ketones (excluding diaryl/α,β-unsaturated/α-hetero) is 1. The molecule has 0 bridgehead atoms. The van der Waals surface area contributed by atoms with Crippen LogP contribution in [0.4, 0.5) is 60.5 Å². The van der Waals surface area contributed by atoms with E-state index >= 15 is 0 Å². The molecule has 13 aromatic rings. The van der Waals surface area contributed by atoms with E-state index in [1.807, 2.05) is 139 Å². The molecule has 30 nitrogen and oxygen atoms in total. The van der Waals surface area contributed by atoms with E-state index in [0.29, 0.717) is 97.5 Å². The van der Waals surface area contributed by atoms with E-state index in [1.165, 1.54) is 7.11 Å². The van der Waals surface area contributed by atoms with E-state index in [0.717, 1.165) is 159 Å². The molecule has 0 aliphatic heterocycles. The number of nitrogen functional groups attached to an aromatic ring is 6. The molecule has 1 amide bonds. The fraction of sp³-hybridized carbons (Fsp3) is 0.298. The lowest BCUT2D eigenvalue weighted by Crippen LogP contribution is -2.27. The number of aromatic nitrogens is 18. The van der Waals surface area contributed by atoms with Crippen LogP contribution in [-0.4, -0.2) is 141 Å². The van der Waals surface area contributed by atoms with Gasteiger partial charge in [-0.2, -0.15) is 33.3 Å². The Morgan fingerprint density at radius 1 is 0.512 bits per heavy atom. The number of aryl methyl sites for hydroxylation is 7. The first-order valence-corrected chi connectivity index (χ1v) is 41.6. The molecule has 10 aromatic heterocycles. The Morgan fingerprint density at radius 3 is 1.50 bits per heavy atom. The smallest absolute Gasteiger partial charge is 0.375 e. The Hall–Kier alpha value is -11.8. The number of benzene rings is 3. The maximum Gasteiger partial charge on any atom is 0.449 e. The number of ether oxygens (including phenoxy) is 1. The van der Waals surface area contributed by atoms with Gasteiger partial charge in [-0.3, -0.25) is 24.4 Å². The molecule has 0 saturated heterocycles. The lowest BCUT2D eigenvalue weighted by Gasteiger charge is -2.10. The van der Waals surface area contributed by atoms with Crippen LogP contribution in [0.25, 0.3) is 67.7 Å². The molecule has 10 heterocycles. The van der Waals surface area contributed by atoms with E-state index < -0.39 is 18.4 Å². The Balaban J connectivity index is 0.000000187. The van der Waals surface area contributed by atoms with E-state index in [2.05, 4.69) is 117 Å². The summed E-state index contributed by atoms with van der Waals surface area (Å²) < 4.78 is 43.8. The molecule has 39 heteroatoms.